The number of hydrogen-bond acceptors (Lipinski definition) is 3. The molecule has 2 rings (SSSR count). The Morgan fingerprint density at radius 3 is 2.70 bits per heavy atom. The second kappa shape index (κ2) is 6.66. The van der Waals surface area contributed by atoms with E-state index >= 15 is 0 Å². The highest BCUT2D eigenvalue weighted by molar-refractivity contribution is 9.10. The minimum Gasteiger partial charge on any atom is -0.491 e. The van der Waals surface area contributed by atoms with Crippen molar-refractivity contribution in [2.24, 2.45) is 0 Å². The fraction of sp³-hybridized carbons (Fsp3) is 0.250. The quantitative estimate of drug-likeness (QED) is 0.766. The van der Waals surface area contributed by atoms with Gasteiger partial charge in [-0.3, -0.25) is 0 Å². The van der Waals surface area contributed by atoms with Gasteiger partial charge < -0.3 is 15.8 Å². The molecule has 0 bridgehead atoms. The number of benzene rings is 2. The molecule has 2 aromatic rings. The molecular weight excluding hydrogens is 316 g/mol. The molecule has 0 spiro atoms. The first kappa shape index (κ1) is 14.7. The van der Waals surface area contributed by atoms with E-state index in [-0.39, 0.29) is 0 Å². The molecule has 0 saturated heterocycles. The first-order chi connectivity index (χ1) is 9.60. The van der Waals surface area contributed by atoms with E-state index in [2.05, 4.69) is 41.2 Å². The first-order valence-corrected chi connectivity index (χ1v) is 7.45. The molecule has 20 heavy (non-hydrogen) atoms. The van der Waals surface area contributed by atoms with E-state index in [1.807, 2.05) is 30.3 Å². The maximum absolute atomic E-state index is 5.91. The van der Waals surface area contributed by atoms with E-state index in [4.69, 9.17) is 10.5 Å². The smallest absolute Gasteiger partial charge is 0.144 e. The van der Waals surface area contributed by atoms with Crippen LogP contribution in [0.3, 0.4) is 0 Å². The fourth-order valence-corrected chi connectivity index (χ4v) is 2.35. The van der Waals surface area contributed by atoms with Crippen LogP contribution in [0.5, 0.6) is 5.75 Å². The number of aryl methyl sites for hydroxylation is 1. The van der Waals surface area contributed by atoms with Crippen molar-refractivity contribution in [1.82, 2.24) is 0 Å². The Kier molecular flexibility index (Phi) is 4.90. The monoisotopic (exact) mass is 334 g/mol. The summed E-state index contributed by atoms with van der Waals surface area (Å²) >= 11 is 3.47. The molecule has 3 nitrogen and oxygen atoms in total. The maximum atomic E-state index is 5.91. The lowest BCUT2D eigenvalue weighted by molar-refractivity contribution is 0.319. The van der Waals surface area contributed by atoms with Gasteiger partial charge in [0.25, 0.3) is 0 Å². The molecule has 0 aliphatic heterocycles. The third kappa shape index (κ3) is 3.67. The fourth-order valence-electron chi connectivity index (χ4n) is 1.87. The standard InChI is InChI=1S/C16H19BrN2O/c1-3-8-20-16-10-13(5-6-14(16)18)19-15-7-4-12(17)9-11(15)2/h4-7,9-10,19H,3,8,18H2,1-2H3. The second-order valence-corrected chi connectivity index (χ2v) is 5.60. The average Bonchev–Trinajstić information content (AvgIpc) is 2.42. The lowest BCUT2D eigenvalue weighted by atomic mass is 10.2. The molecule has 0 radical (unpaired) electrons. The number of nitrogens with two attached hydrogens (primary N) is 1. The Morgan fingerprint density at radius 1 is 1.20 bits per heavy atom. The minimum absolute atomic E-state index is 0.663. The molecule has 0 unspecified atom stereocenters. The molecule has 3 N–H and O–H groups in total. The predicted octanol–water partition coefficient (Wildman–Crippen LogP) is 4.87. The van der Waals surface area contributed by atoms with Crippen LogP contribution in [0.2, 0.25) is 0 Å². The van der Waals surface area contributed by atoms with Crippen LogP contribution in [0.1, 0.15) is 18.9 Å². The van der Waals surface area contributed by atoms with Crippen molar-refractivity contribution in [1.29, 1.82) is 0 Å². The summed E-state index contributed by atoms with van der Waals surface area (Å²) in [5.41, 5.74) is 9.79. The Hall–Kier alpha value is -1.68. The summed E-state index contributed by atoms with van der Waals surface area (Å²) in [5.74, 6) is 0.728. The van der Waals surface area contributed by atoms with E-state index in [1.54, 1.807) is 0 Å². The summed E-state index contributed by atoms with van der Waals surface area (Å²) in [7, 11) is 0. The average molecular weight is 335 g/mol. The number of halogens is 1. The van der Waals surface area contributed by atoms with Crippen LogP contribution < -0.4 is 15.8 Å². The van der Waals surface area contributed by atoms with Crippen LogP contribution in [0.4, 0.5) is 17.1 Å². The summed E-state index contributed by atoms with van der Waals surface area (Å²) in [5, 5.41) is 3.39. The molecular formula is C16H19BrN2O. The predicted molar refractivity (Wildman–Crippen MR) is 88.8 cm³/mol. The van der Waals surface area contributed by atoms with Crippen LogP contribution in [0.25, 0.3) is 0 Å². The molecule has 0 aliphatic rings. The van der Waals surface area contributed by atoms with Gasteiger partial charge in [0.1, 0.15) is 5.75 Å². The van der Waals surface area contributed by atoms with Gasteiger partial charge in [-0.15, -0.1) is 0 Å². The van der Waals surface area contributed by atoms with Crippen molar-refractivity contribution in [2.75, 3.05) is 17.7 Å². The lowest BCUT2D eigenvalue weighted by Crippen LogP contribution is -2.00. The van der Waals surface area contributed by atoms with Crippen molar-refractivity contribution in [2.45, 2.75) is 20.3 Å². The zero-order valence-corrected chi connectivity index (χ0v) is 13.3. The molecule has 0 atom stereocenters. The third-order valence-electron chi connectivity index (χ3n) is 2.94. The first-order valence-electron chi connectivity index (χ1n) is 6.65. The molecule has 0 amide bonds. The van der Waals surface area contributed by atoms with Crippen LogP contribution in [-0.4, -0.2) is 6.61 Å². The Morgan fingerprint density at radius 2 is 2.00 bits per heavy atom. The number of anilines is 3. The van der Waals surface area contributed by atoms with Crippen molar-refractivity contribution in [3.63, 3.8) is 0 Å². The molecule has 0 aromatic heterocycles. The largest absolute Gasteiger partial charge is 0.491 e. The van der Waals surface area contributed by atoms with E-state index in [1.165, 1.54) is 5.56 Å². The van der Waals surface area contributed by atoms with Gasteiger partial charge in [0.05, 0.1) is 12.3 Å². The minimum atomic E-state index is 0.663. The van der Waals surface area contributed by atoms with Gasteiger partial charge in [0, 0.05) is 21.9 Å². The Bertz CT molecular complexity index is 599. The summed E-state index contributed by atoms with van der Waals surface area (Å²) in [6, 6.07) is 11.9. The SMILES string of the molecule is CCCOc1cc(Nc2ccc(Br)cc2C)ccc1N. The zero-order chi connectivity index (χ0) is 14.5. The molecule has 0 aliphatic carbocycles. The summed E-state index contributed by atoms with van der Waals surface area (Å²) in [6.45, 7) is 4.81. The van der Waals surface area contributed by atoms with Gasteiger partial charge in [0.15, 0.2) is 0 Å². The number of rotatable bonds is 5. The van der Waals surface area contributed by atoms with E-state index in [0.29, 0.717) is 12.3 Å². The van der Waals surface area contributed by atoms with Gasteiger partial charge in [-0.25, -0.2) is 0 Å². The van der Waals surface area contributed by atoms with Crippen LogP contribution in [-0.2, 0) is 0 Å². The van der Waals surface area contributed by atoms with Crippen LogP contribution in [0, 0.1) is 6.92 Å². The Balaban J connectivity index is 2.20. The Labute approximate surface area is 128 Å². The summed E-state index contributed by atoms with van der Waals surface area (Å²) in [6.07, 6.45) is 0.961. The van der Waals surface area contributed by atoms with Gasteiger partial charge in [-0.1, -0.05) is 22.9 Å². The van der Waals surface area contributed by atoms with Crippen LogP contribution in [0.15, 0.2) is 40.9 Å². The van der Waals surface area contributed by atoms with Gasteiger partial charge >= 0.3 is 0 Å². The third-order valence-corrected chi connectivity index (χ3v) is 3.44. The maximum Gasteiger partial charge on any atom is 0.144 e. The normalized spacial score (nSPS) is 10.3. The molecule has 0 heterocycles. The van der Waals surface area contributed by atoms with Crippen molar-refractivity contribution < 1.29 is 4.74 Å². The van der Waals surface area contributed by atoms with Crippen molar-refractivity contribution in [3.05, 3.63) is 46.4 Å². The van der Waals surface area contributed by atoms with Crippen LogP contribution >= 0.6 is 15.9 Å². The molecule has 0 fully saturated rings. The highest BCUT2D eigenvalue weighted by Crippen LogP contribution is 2.29. The van der Waals surface area contributed by atoms with Crippen molar-refractivity contribution >= 4 is 33.0 Å². The lowest BCUT2D eigenvalue weighted by Gasteiger charge is -2.13. The van der Waals surface area contributed by atoms with E-state index < -0.39 is 0 Å². The number of nitrogen functional groups attached to an aromatic ring is 1. The summed E-state index contributed by atoms with van der Waals surface area (Å²) in [4.78, 5) is 0. The summed E-state index contributed by atoms with van der Waals surface area (Å²) < 4.78 is 6.72. The zero-order valence-electron chi connectivity index (χ0n) is 11.7. The molecule has 2 aromatic carbocycles. The molecule has 4 heteroatoms. The number of nitrogens with one attached hydrogen (secondary N) is 1. The highest BCUT2D eigenvalue weighted by atomic mass is 79.9. The highest BCUT2D eigenvalue weighted by Gasteiger charge is 2.04. The van der Waals surface area contributed by atoms with Crippen molar-refractivity contribution in [3.8, 4) is 5.75 Å². The molecule has 106 valence electrons. The topological polar surface area (TPSA) is 47.3 Å². The van der Waals surface area contributed by atoms with E-state index in [0.717, 1.165) is 28.0 Å². The number of ether oxygens (including phenoxy) is 1. The van der Waals surface area contributed by atoms with Gasteiger partial charge in [-0.2, -0.15) is 0 Å². The van der Waals surface area contributed by atoms with Gasteiger partial charge in [-0.05, 0) is 49.2 Å². The van der Waals surface area contributed by atoms with E-state index in [9.17, 15) is 0 Å². The molecule has 0 saturated carbocycles. The number of hydrogen-bond donors (Lipinski definition) is 2. The van der Waals surface area contributed by atoms with Gasteiger partial charge in [0.2, 0.25) is 0 Å². The second-order valence-electron chi connectivity index (χ2n) is 4.69.